The average Bonchev–Trinajstić information content (AvgIpc) is 2.92. The lowest BCUT2D eigenvalue weighted by Crippen LogP contribution is -2.19. The molecule has 102 valence electrons. The highest BCUT2D eigenvalue weighted by Crippen LogP contribution is 2.31. The van der Waals surface area contributed by atoms with Crippen molar-refractivity contribution in [1.29, 1.82) is 0 Å². The number of hydrogen-bond acceptors (Lipinski definition) is 7. The van der Waals surface area contributed by atoms with E-state index in [2.05, 4.69) is 15.0 Å². The van der Waals surface area contributed by atoms with Crippen molar-refractivity contribution in [2.24, 2.45) is 0 Å². The summed E-state index contributed by atoms with van der Waals surface area (Å²) in [7, 11) is 0. The maximum absolute atomic E-state index is 10.00. The molecule has 0 spiro atoms. The van der Waals surface area contributed by atoms with Crippen LogP contribution in [0.5, 0.6) is 0 Å². The first-order valence-electron chi connectivity index (χ1n) is 5.70. The number of ether oxygens (including phenoxy) is 1. The second-order valence-corrected chi connectivity index (χ2v) is 5.30. The van der Waals surface area contributed by atoms with Crippen molar-refractivity contribution >= 4 is 39.6 Å². The van der Waals surface area contributed by atoms with Crippen molar-refractivity contribution in [2.45, 2.75) is 24.9 Å². The minimum atomic E-state index is -0.719. The van der Waals surface area contributed by atoms with Gasteiger partial charge in [-0.15, -0.1) is 0 Å². The molecule has 1 aliphatic rings. The molecule has 2 aromatic heterocycles. The predicted octanol–water partition coefficient (Wildman–Crippen LogP) is -0.346. The summed E-state index contributed by atoms with van der Waals surface area (Å²) in [5.74, 6) is 0.291. The van der Waals surface area contributed by atoms with Gasteiger partial charge >= 0.3 is 0 Å². The van der Waals surface area contributed by atoms with Gasteiger partial charge in [0.1, 0.15) is 11.6 Å². The van der Waals surface area contributed by atoms with Crippen LogP contribution < -0.4 is 5.73 Å². The lowest BCUT2D eigenvalue weighted by molar-refractivity contribution is -0.0487. The molecular formula is C10H12IN5O3. The van der Waals surface area contributed by atoms with E-state index >= 15 is 0 Å². The molecule has 2 aromatic rings. The molecule has 1 aliphatic heterocycles. The number of aliphatic hydroxyl groups is 2. The number of halogens is 1. The number of nitrogens with zero attached hydrogens (tertiary/aromatic N) is 4. The Kier molecular flexibility index (Phi) is 3.28. The lowest BCUT2D eigenvalue weighted by Gasteiger charge is -2.16. The van der Waals surface area contributed by atoms with E-state index in [4.69, 9.17) is 15.6 Å². The summed E-state index contributed by atoms with van der Waals surface area (Å²) in [6.07, 6.45) is 0.170. The minimum Gasteiger partial charge on any atom is -0.394 e. The van der Waals surface area contributed by atoms with Crippen LogP contribution in [-0.2, 0) is 4.74 Å². The summed E-state index contributed by atoms with van der Waals surface area (Å²) in [6, 6.07) is 0. The van der Waals surface area contributed by atoms with Crippen LogP contribution in [0.4, 0.5) is 5.82 Å². The van der Waals surface area contributed by atoms with E-state index in [1.807, 2.05) is 22.6 Å². The van der Waals surface area contributed by atoms with E-state index in [9.17, 15) is 5.11 Å². The van der Waals surface area contributed by atoms with Gasteiger partial charge in [0.15, 0.2) is 21.5 Å². The highest BCUT2D eigenvalue weighted by atomic mass is 127. The molecule has 0 aromatic carbocycles. The largest absolute Gasteiger partial charge is 0.394 e. The normalized spacial score (nSPS) is 27.2. The quantitative estimate of drug-likeness (QED) is 0.484. The number of anilines is 1. The van der Waals surface area contributed by atoms with Crippen LogP contribution in [0.3, 0.4) is 0 Å². The van der Waals surface area contributed by atoms with Gasteiger partial charge in [-0.3, -0.25) is 4.57 Å². The van der Waals surface area contributed by atoms with Gasteiger partial charge in [-0.2, -0.15) is 0 Å². The zero-order valence-electron chi connectivity index (χ0n) is 9.77. The number of nitrogens with two attached hydrogens (primary N) is 1. The van der Waals surface area contributed by atoms with Gasteiger partial charge in [0.25, 0.3) is 0 Å². The third kappa shape index (κ3) is 2.16. The SMILES string of the molecule is Nc1nc(I)nc2c1ncn2[C@@H]1O[C@H](CO)CC1O. The first-order chi connectivity index (χ1) is 9.10. The molecule has 3 rings (SSSR count). The van der Waals surface area contributed by atoms with Gasteiger partial charge in [-0.1, -0.05) is 0 Å². The molecule has 0 radical (unpaired) electrons. The van der Waals surface area contributed by atoms with Gasteiger partial charge < -0.3 is 20.7 Å². The molecule has 8 nitrogen and oxygen atoms in total. The molecule has 0 amide bonds. The third-order valence-corrected chi connectivity index (χ3v) is 3.55. The molecule has 9 heteroatoms. The molecule has 19 heavy (non-hydrogen) atoms. The molecule has 3 atom stereocenters. The van der Waals surface area contributed by atoms with E-state index in [0.717, 1.165) is 0 Å². The standard InChI is InChI=1S/C10H12IN5O3/c11-10-14-7(12)6-8(15-10)16(3-13-6)9-5(18)1-4(2-17)19-9/h3-5,9,17-18H,1-2H2,(H2,12,14,15)/t4-,5?,9+/m0/s1. The monoisotopic (exact) mass is 377 g/mol. The maximum Gasteiger partial charge on any atom is 0.194 e. The van der Waals surface area contributed by atoms with Gasteiger partial charge in [0.2, 0.25) is 0 Å². The van der Waals surface area contributed by atoms with Crippen molar-refractivity contribution in [3.8, 4) is 0 Å². The number of fused-ring (bicyclic) bond motifs is 1. The van der Waals surface area contributed by atoms with E-state index in [1.165, 1.54) is 6.33 Å². The van der Waals surface area contributed by atoms with E-state index in [1.54, 1.807) is 4.57 Å². The lowest BCUT2D eigenvalue weighted by atomic mass is 10.2. The van der Waals surface area contributed by atoms with Crippen LogP contribution >= 0.6 is 22.6 Å². The molecular weight excluding hydrogens is 365 g/mol. The van der Waals surface area contributed by atoms with Gasteiger partial charge in [0, 0.05) is 29.0 Å². The molecule has 1 saturated heterocycles. The van der Waals surface area contributed by atoms with Crippen molar-refractivity contribution < 1.29 is 14.9 Å². The number of hydrogen-bond donors (Lipinski definition) is 3. The smallest absolute Gasteiger partial charge is 0.194 e. The Morgan fingerprint density at radius 2 is 2.32 bits per heavy atom. The predicted molar refractivity (Wildman–Crippen MR) is 74.1 cm³/mol. The second-order valence-electron chi connectivity index (χ2n) is 4.34. The van der Waals surface area contributed by atoms with Crippen molar-refractivity contribution in [1.82, 2.24) is 19.5 Å². The molecule has 0 aliphatic carbocycles. The van der Waals surface area contributed by atoms with Crippen LogP contribution in [-0.4, -0.2) is 48.5 Å². The highest BCUT2D eigenvalue weighted by molar-refractivity contribution is 14.1. The zero-order chi connectivity index (χ0) is 13.6. The average molecular weight is 377 g/mol. The third-order valence-electron chi connectivity index (χ3n) is 3.06. The highest BCUT2D eigenvalue weighted by Gasteiger charge is 2.36. The summed E-state index contributed by atoms with van der Waals surface area (Å²) in [4.78, 5) is 12.4. The van der Waals surface area contributed by atoms with Crippen molar-refractivity contribution in [3.05, 3.63) is 10.2 Å². The topological polar surface area (TPSA) is 119 Å². The molecule has 1 unspecified atom stereocenters. The Bertz CT molecular complexity index is 618. The Hall–Kier alpha value is -1.04. The minimum absolute atomic E-state index is 0.130. The fourth-order valence-corrected chi connectivity index (χ4v) is 2.68. The van der Waals surface area contributed by atoms with Crippen molar-refractivity contribution in [2.75, 3.05) is 12.3 Å². The summed E-state index contributed by atoms with van der Waals surface area (Å²) < 4.78 is 7.69. The van der Waals surface area contributed by atoms with E-state index in [0.29, 0.717) is 27.2 Å². The van der Waals surface area contributed by atoms with Gasteiger partial charge in [-0.25, -0.2) is 15.0 Å². The fourth-order valence-electron chi connectivity index (χ4n) is 2.19. The maximum atomic E-state index is 10.00. The Balaban J connectivity index is 2.06. The number of nitrogen functional groups attached to an aromatic ring is 1. The van der Waals surface area contributed by atoms with Crippen LogP contribution in [0, 0.1) is 3.83 Å². The number of imidazole rings is 1. The van der Waals surface area contributed by atoms with Crippen LogP contribution in [0.25, 0.3) is 11.2 Å². The van der Waals surface area contributed by atoms with Crippen LogP contribution in [0.1, 0.15) is 12.6 Å². The Labute approximate surface area is 121 Å². The summed E-state index contributed by atoms with van der Waals surface area (Å²) in [5, 5.41) is 19.1. The number of rotatable bonds is 2. The van der Waals surface area contributed by atoms with E-state index < -0.39 is 12.3 Å². The zero-order valence-corrected chi connectivity index (χ0v) is 11.9. The summed E-state index contributed by atoms with van der Waals surface area (Å²) in [5.41, 5.74) is 6.77. The van der Waals surface area contributed by atoms with Gasteiger partial charge in [0.05, 0.1) is 19.0 Å². The van der Waals surface area contributed by atoms with Crippen molar-refractivity contribution in [3.63, 3.8) is 0 Å². The van der Waals surface area contributed by atoms with Crippen LogP contribution in [0.2, 0.25) is 0 Å². The number of aliphatic hydroxyl groups excluding tert-OH is 2. The molecule has 0 bridgehead atoms. The van der Waals surface area contributed by atoms with E-state index in [-0.39, 0.29) is 12.7 Å². The first kappa shape index (κ1) is 13.0. The fraction of sp³-hybridized carbons (Fsp3) is 0.500. The summed E-state index contributed by atoms with van der Waals surface area (Å²) >= 11 is 1.96. The second kappa shape index (κ2) is 4.81. The molecule has 3 heterocycles. The molecule has 0 saturated carbocycles. The number of aromatic nitrogens is 4. The molecule has 4 N–H and O–H groups in total. The summed E-state index contributed by atoms with van der Waals surface area (Å²) in [6.45, 7) is -0.130. The molecule has 1 fully saturated rings. The Morgan fingerprint density at radius 3 is 3.00 bits per heavy atom. The Morgan fingerprint density at radius 1 is 1.53 bits per heavy atom. The van der Waals surface area contributed by atoms with Gasteiger partial charge in [-0.05, 0) is 0 Å². The van der Waals surface area contributed by atoms with Crippen LogP contribution in [0.15, 0.2) is 6.33 Å². The first-order valence-corrected chi connectivity index (χ1v) is 6.78.